The van der Waals surface area contributed by atoms with Crippen LogP contribution in [-0.4, -0.2) is 25.2 Å². The summed E-state index contributed by atoms with van der Waals surface area (Å²) < 4.78 is 40.5. The van der Waals surface area contributed by atoms with Gasteiger partial charge in [-0.05, 0) is 25.6 Å². The number of benzene rings is 1. The number of hydrogen-bond donors (Lipinski definition) is 3. The van der Waals surface area contributed by atoms with Crippen molar-refractivity contribution in [2.24, 2.45) is 0 Å². The summed E-state index contributed by atoms with van der Waals surface area (Å²) in [5.74, 6) is -0.637. The zero-order chi connectivity index (χ0) is 15.5. The monoisotopic (exact) mass is 312 g/mol. The van der Waals surface area contributed by atoms with Crippen LogP contribution in [0.25, 0.3) is 0 Å². The van der Waals surface area contributed by atoms with Gasteiger partial charge < -0.3 is 5.32 Å². The van der Waals surface area contributed by atoms with Crippen LogP contribution in [0.3, 0.4) is 0 Å². The fraction of sp³-hybridized carbons (Fsp3) is 0.308. The van der Waals surface area contributed by atoms with Gasteiger partial charge in [0.1, 0.15) is 5.82 Å². The molecule has 0 aliphatic heterocycles. The number of para-hydroxylation sites is 1. The summed E-state index contributed by atoms with van der Waals surface area (Å²) in [4.78, 5) is 0. The fourth-order valence-corrected chi connectivity index (χ4v) is 3.11. The van der Waals surface area contributed by atoms with Crippen molar-refractivity contribution in [2.75, 3.05) is 11.3 Å². The van der Waals surface area contributed by atoms with Gasteiger partial charge in [-0.1, -0.05) is 19.1 Å². The average molecular weight is 312 g/mol. The van der Waals surface area contributed by atoms with E-state index in [4.69, 9.17) is 0 Å². The van der Waals surface area contributed by atoms with Crippen molar-refractivity contribution in [3.63, 3.8) is 0 Å². The number of aromatic nitrogens is 2. The maximum absolute atomic E-state index is 13.6. The highest BCUT2D eigenvalue weighted by Crippen LogP contribution is 2.21. The van der Waals surface area contributed by atoms with E-state index in [1.807, 2.05) is 6.92 Å². The number of halogens is 1. The first kappa shape index (κ1) is 15.5. The van der Waals surface area contributed by atoms with Gasteiger partial charge in [-0.25, -0.2) is 4.39 Å². The van der Waals surface area contributed by atoms with Gasteiger partial charge >= 0.3 is 0 Å². The average Bonchev–Trinajstić information content (AvgIpc) is 2.81. The van der Waals surface area contributed by atoms with Crippen LogP contribution in [0.2, 0.25) is 0 Å². The molecule has 114 valence electrons. The molecule has 0 amide bonds. The molecule has 1 aromatic heterocycles. The predicted molar refractivity (Wildman–Crippen MR) is 77.9 cm³/mol. The maximum Gasteiger partial charge on any atom is 0.281 e. The highest BCUT2D eigenvalue weighted by molar-refractivity contribution is 7.92. The molecular weight excluding hydrogens is 295 g/mol. The van der Waals surface area contributed by atoms with Crippen LogP contribution in [0.1, 0.15) is 18.2 Å². The van der Waals surface area contributed by atoms with E-state index in [9.17, 15) is 12.8 Å². The fourth-order valence-electron chi connectivity index (χ4n) is 1.85. The van der Waals surface area contributed by atoms with Gasteiger partial charge in [0.2, 0.25) is 5.03 Å². The van der Waals surface area contributed by atoms with Gasteiger partial charge in [-0.15, -0.1) is 0 Å². The zero-order valence-corrected chi connectivity index (χ0v) is 12.6. The minimum atomic E-state index is -3.95. The molecule has 2 rings (SSSR count). The molecule has 8 heteroatoms. The molecule has 1 aromatic carbocycles. The molecule has 0 spiro atoms. The standard InChI is InChI=1S/C13H17FN4O2S/c1-3-15-8-10-9(2)16-17-13(10)21(19,20)18-12-7-5-4-6-11(12)14/h4-7,15,18H,3,8H2,1-2H3,(H,16,17). The van der Waals surface area contributed by atoms with E-state index in [2.05, 4.69) is 20.2 Å². The molecule has 2 aromatic rings. The zero-order valence-electron chi connectivity index (χ0n) is 11.8. The lowest BCUT2D eigenvalue weighted by atomic mass is 10.2. The van der Waals surface area contributed by atoms with Crippen LogP contribution in [-0.2, 0) is 16.6 Å². The van der Waals surface area contributed by atoms with Gasteiger partial charge in [0.05, 0.1) is 5.69 Å². The molecular formula is C13H17FN4O2S. The van der Waals surface area contributed by atoms with E-state index >= 15 is 0 Å². The molecule has 0 aliphatic rings. The van der Waals surface area contributed by atoms with Crippen molar-refractivity contribution >= 4 is 15.7 Å². The van der Waals surface area contributed by atoms with Crippen LogP contribution in [0.5, 0.6) is 0 Å². The third-order valence-electron chi connectivity index (χ3n) is 2.96. The first-order valence-electron chi connectivity index (χ1n) is 6.47. The second kappa shape index (κ2) is 6.23. The molecule has 6 nitrogen and oxygen atoms in total. The SMILES string of the molecule is CCNCc1c(S(=O)(=O)Nc2ccccc2F)n[nH]c1C. The molecule has 0 unspecified atom stereocenters. The van der Waals surface area contributed by atoms with Crippen LogP contribution in [0.15, 0.2) is 29.3 Å². The number of nitrogens with zero attached hydrogens (tertiary/aromatic N) is 1. The highest BCUT2D eigenvalue weighted by Gasteiger charge is 2.24. The molecule has 0 aliphatic carbocycles. The number of H-pyrrole nitrogens is 1. The van der Waals surface area contributed by atoms with Crippen molar-refractivity contribution in [1.29, 1.82) is 0 Å². The van der Waals surface area contributed by atoms with Crippen LogP contribution in [0, 0.1) is 12.7 Å². The second-order valence-electron chi connectivity index (χ2n) is 4.50. The molecule has 0 saturated heterocycles. The first-order valence-corrected chi connectivity index (χ1v) is 7.96. The molecule has 21 heavy (non-hydrogen) atoms. The number of aryl methyl sites for hydroxylation is 1. The molecule has 0 bridgehead atoms. The van der Waals surface area contributed by atoms with Crippen molar-refractivity contribution in [3.05, 3.63) is 41.3 Å². The Balaban J connectivity index is 2.34. The Morgan fingerprint density at radius 1 is 1.33 bits per heavy atom. The van der Waals surface area contributed by atoms with Gasteiger partial charge in [0, 0.05) is 17.8 Å². The molecule has 3 N–H and O–H groups in total. The minimum Gasteiger partial charge on any atom is -0.313 e. The Kier molecular flexibility index (Phi) is 4.59. The van der Waals surface area contributed by atoms with Gasteiger partial charge in [-0.2, -0.15) is 13.5 Å². The van der Waals surface area contributed by atoms with E-state index in [0.29, 0.717) is 24.3 Å². The number of hydrogen-bond acceptors (Lipinski definition) is 4. The number of sulfonamides is 1. The van der Waals surface area contributed by atoms with Crippen molar-refractivity contribution in [2.45, 2.75) is 25.4 Å². The lowest BCUT2D eigenvalue weighted by Gasteiger charge is -2.09. The second-order valence-corrected chi connectivity index (χ2v) is 6.10. The first-order chi connectivity index (χ1) is 9.95. The third-order valence-corrected chi connectivity index (χ3v) is 4.30. The highest BCUT2D eigenvalue weighted by atomic mass is 32.2. The molecule has 0 atom stereocenters. The Morgan fingerprint density at radius 2 is 2.05 bits per heavy atom. The minimum absolute atomic E-state index is 0.104. The topological polar surface area (TPSA) is 86.9 Å². The van der Waals surface area contributed by atoms with Crippen LogP contribution >= 0.6 is 0 Å². The predicted octanol–water partition coefficient (Wildman–Crippen LogP) is 1.77. The Hall–Kier alpha value is -1.93. The smallest absolute Gasteiger partial charge is 0.281 e. The number of aromatic amines is 1. The van der Waals surface area contributed by atoms with Crippen LogP contribution < -0.4 is 10.0 Å². The summed E-state index contributed by atoms with van der Waals surface area (Å²) in [7, 11) is -3.95. The van der Waals surface area contributed by atoms with Crippen molar-refractivity contribution < 1.29 is 12.8 Å². The Labute approximate surface area is 122 Å². The summed E-state index contributed by atoms with van der Waals surface area (Å²) >= 11 is 0. The van der Waals surface area contributed by atoms with E-state index in [0.717, 1.165) is 0 Å². The van der Waals surface area contributed by atoms with Crippen molar-refractivity contribution in [1.82, 2.24) is 15.5 Å². The van der Waals surface area contributed by atoms with E-state index in [-0.39, 0.29) is 10.7 Å². The van der Waals surface area contributed by atoms with E-state index < -0.39 is 15.8 Å². The molecule has 0 saturated carbocycles. The van der Waals surface area contributed by atoms with Crippen molar-refractivity contribution in [3.8, 4) is 0 Å². The summed E-state index contributed by atoms with van der Waals surface area (Å²) in [6.07, 6.45) is 0. The number of rotatable bonds is 6. The normalized spacial score (nSPS) is 11.6. The number of anilines is 1. The third kappa shape index (κ3) is 3.40. The largest absolute Gasteiger partial charge is 0.313 e. The summed E-state index contributed by atoms with van der Waals surface area (Å²) in [5, 5.41) is 9.41. The van der Waals surface area contributed by atoms with Gasteiger partial charge in [0.15, 0.2) is 0 Å². The Bertz CT molecular complexity index is 728. The lowest BCUT2D eigenvalue weighted by molar-refractivity contribution is 0.592. The number of nitrogens with one attached hydrogen (secondary N) is 3. The van der Waals surface area contributed by atoms with Crippen LogP contribution in [0.4, 0.5) is 10.1 Å². The summed E-state index contributed by atoms with van der Waals surface area (Å²) in [6, 6.07) is 5.59. The van der Waals surface area contributed by atoms with E-state index in [1.54, 1.807) is 13.0 Å². The lowest BCUT2D eigenvalue weighted by Crippen LogP contribution is -2.19. The van der Waals surface area contributed by atoms with Gasteiger partial charge in [0.25, 0.3) is 10.0 Å². The quantitative estimate of drug-likeness (QED) is 0.758. The molecule has 1 heterocycles. The summed E-state index contributed by atoms with van der Waals surface area (Å²) in [6.45, 7) is 4.72. The van der Waals surface area contributed by atoms with E-state index in [1.165, 1.54) is 18.2 Å². The molecule has 0 fully saturated rings. The summed E-state index contributed by atoms with van der Waals surface area (Å²) in [5.41, 5.74) is 1.10. The van der Waals surface area contributed by atoms with Gasteiger partial charge in [-0.3, -0.25) is 9.82 Å². The maximum atomic E-state index is 13.6. The molecule has 0 radical (unpaired) electrons. The Morgan fingerprint density at radius 3 is 2.71 bits per heavy atom.